The van der Waals surface area contributed by atoms with Crippen molar-refractivity contribution >= 4 is 28.9 Å². The summed E-state index contributed by atoms with van der Waals surface area (Å²) in [6.45, 7) is 3.87. The first-order valence-electron chi connectivity index (χ1n) is 10.2. The second-order valence-corrected chi connectivity index (χ2v) is 8.34. The third-order valence-electron chi connectivity index (χ3n) is 5.86. The Hall–Kier alpha value is -2.05. The summed E-state index contributed by atoms with van der Waals surface area (Å²) in [6, 6.07) is 6.13. The van der Waals surface area contributed by atoms with Gasteiger partial charge in [0, 0.05) is 37.4 Å². The highest BCUT2D eigenvalue weighted by Gasteiger charge is 2.21. The van der Waals surface area contributed by atoms with E-state index in [2.05, 4.69) is 27.3 Å². The minimum atomic E-state index is -0.139. The molecule has 0 atom stereocenters. The molecule has 1 aliphatic heterocycles. The number of halogens is 1. The Morgan fingerprint density at radius 1 is 1.14 bits per heavy atom. The van der Waals surface area contributed by atoms with Crippen molar-refractivity contribution in [2.45, 2.75) is 38.1 Å². The zero-order chi connectivity index (χ0) is 19.5. The van der Waals surface area contributed by atoms with Crippen molar-refractivity contribution in [1.29, 1.82) is 0 Å². The highest BCUT2D eigenvalue weighted by Crippen LogP contribution is 2.31. The molecule has 2 fully saturated rings. The SMILES string of the molecule is CN1CCN(c2ccc(Cl)cc2NC(=O)c2cnn(C3CCCCC3)c2)CC1. The Morgan fingerprint density at radius 3 is 2.64 bits per heavy atom. The second kappa shape index (κ2) is 8.53. The number of nitrogens with one attached hydrogen (secondary N) is 1. The van der Waals surface area contributed by atoms with E-state index in [0.29, 0.717) is 16.6 Å². The van der Waals surface area contributed by atoms with Crippen LogP contribution in [0.3, 0.4) is 0 Å². The van der Waals surface area contributed by atoms with E-state index < -0.39 is 0 Å². The normalized spacial score (nSPS) is 19.0. The number of hydrogen-bond acceptors (Lipinski definition) is 4. The van der Waals surface area contributed by atoms with Crippen LogP contribution in [0.25, 0.3) is 0 Å². The fourth-order valence-electron chi connectivity index (χ4n) is 4.13. The molecule has 150 valence electrons. The van der Waals surface area contributed by atoms with Gasteiger partial charge in [-0.2, -0.15) is 5.10 Å². The molecule has 2 heterocycles. The number of benzene rings is 1. The molecule has 1 aromatic carbocycles. The maximum absolute atomic E-state index is 12.9. The fourth-order valence-corrected chi connectivity index (χ4v) is 4.30. The van der Waals surface area contributed by atoms with Crippen LogP contribution in [0, 0.1) is 0 Å². The van der Waals surface area contributed by atoms with E-state index in [9.17, 15) is 4.79 Å². The molecule has 28 heavy (non-hydrogen) atoms. The molecule has 1 amide bonds. The molecule has 6 nitrogen and oxygen atoms in total. The first kappa shape index (κ1) is 19.3. The number of nitrogens with zero attached hydrogens (tertiary/aromatic N) is 4. The first-order valence-corrected chi connectivity index (χ1v) is 10.6. The largest absolute Gasteiger partial charge is 0.367 e. The number of anilines is 2. The summed E-state index contributed by atoms with van der Waals surface area (Å²) < 4.78 is 1.97. The number of rotatable bonds is 4. The van der Waals surface area contributed by atoms with E-state index in [1.807, 2.05) is 29.1 Å². The molecular weight excluding hydrogens is 374 g/mol. The van der Waals surface area contributed by atoms with Gasteiger partial charge in [0.05, 0.1) is 29.2 Å². The number of carbonyl (C=O) groups is 1. The van der Waals surface area contributed by atoms with E-state index in [1.54, 1.807) is 6.20 Å². The zero-order valence-electron chi connectivity index (χ0n) is 16.4. The number of piperazine rings is 1. The Morgan fingerprint density at radius 2 is 1.89 bits per heavy atom. The van der Waals surface area contributed by atoms with Gasteiger partial charge in [-0.1, -0.05) is 30.9 Å². The Bertz CT molecular complexity index is 822. The molecule has 1 saturated heterocycles. The molecule has 1 aliphatic carbocycles. The molecule has 0 radical (unpaired) electrons. The zero-order valence-corrected chi connectivity index (χ0v) is 17.2. The number of amides is 1. The minimum absolute atomic E-state index is 0.139. The van der Waals surface area contributed by atoms with Gasteiger partial charge in [-0.15, -0.1) is 0 Å². The van der Waals surface area contributed by atoms with Gasteiger partial charge in [-0.05, 0) is 38.1 Å². The molecule has 2 aromatic rings. The number of hydrogen-bond donors (Lipinski definition) is 1. The lowest BCUT2D eigenvalue weighted by atomic mass is 9.96. The third kappa shape index (κ3) is 4.33. The average molecular weight is 402 g/mol. The van der Waals surface area contributed by atoms with Crippen molar-refractivity contribution in [2.24, 2.45) is 0 Å². The van der Waals surface area contributed by atoms with Gasteiger partial charge in [-0.25, -0.2) is 0 Å². The van der Waals surface area contributed by atoms with Gasteiger partial charge in [0.2, 0.25) is 0 Å². The molecule has 0 spiro atoms. The van der Waals surface area contributed by atoms with Crippen molar-refractivity contribution < 1.29 is 4.79 Å². The lowest BCUT2D eigenvalue weighted by molar-refractivity contribution is 0.102. The maximum atomic E-state index is 12.9. The summed E-state index contributed by atoms with van der Waals surface area (Å²) in [5, 5.41) is 8.13. The Balaban J connectivity index is 1.50. The quantitative estimate of drug-likeness (QED) is 0.839. The first-order chi connectivity index (χ1) is 13.6. The van der Waals surface area contributed by atoms with Crippen LogP contribution in [-0.4, -0.2) is 53.8 Å². The van der Waals surface area contributed by atoms with Crippen molar-refractivity contribution in [3.8, 4) is 0 Å². The number of likely N-dealkylation sites (N-methyl/N-ethyl adjacent to an activating group) is 1. The van der Waals surface area contributed by atoms with Crippen LogP contribution < -0.4 is 10.2 Å². The number of carbonyl (C=O) groups excluding carboxylic acids is 1. The monoisotopic (exact) mass is 401 g/mol. The van der Waals surface area contributed by atoms with Gasteiger partial charge >= 0.3 is 0 Å². The maximum Gasteiger partial charge on any atom is 0.258 e. The van der Waals surface area contributed by atoms with Gasteiger partial charge in [0.15, 0.2) is 0 Å². The third-order valence-corrected chi connectivity index (χ3v) is 6.10. The smallest absolute Gasteiger partial charge is 0.258 e. The van der Waals surface area contributed by atoms with Gasteiger partial charge in [0.1, 0.15) is 0 Å². The van der Waals surface area contributed by atoms with Crippen LogP contribution in [0.5, 0.6) is 0 Å². The van der Waals surface area contributed by atoms with Crippen LogP contribution >= 0.6 is 11.6 Å². The van der Waals surface area contributed by atoms with Crippen LogP contribution in [0.1, 0.15) is 48.5 Å². The summed E-state index contributed by atoms with van der Waals surface area (Å²) in [4.78, 5) is 17.5. The standard InChI is InChI=1S/C21H28ClN5O/c1-25-9-11-26(12-10-25)20-8-7-17(22)13-19(20)24-21(28)16-14-23-27(15-16)18-5-3-2-4-6-18/h7-8,13-15,18H,2-6,9-12H2,1H3,(H,24,28). The van der Waals surface area contributed by atoms with Crippen LogP contribution in [0.4, 0.5) is 11.4 Å². The molecule has 2 aliphatic rings. The van der Waals surface area contributed by atoms with E-state index >= 15 is 0 Å². The molecule has 1 aromatic heterocycles. The van der Waals surface area contributed by atoms with Crippen LogP contribution in [0.2, 0.25) is 5.02 Å². The fraction of sp³-hybridized carbons (Fsp3) is 0.524. The summed E-state index contributed by atoms with van der Waals surface area (Å²) >= 11 is 6.22. The highest BCUT2D eigenvalue weighted by molar-refractivity contribution is 6.31. The lowest BCUT2D eigenvalue weighted by Crippen LogP contribution is -2.44. The lowest BCUT2D eigenvalue weighted by Gasteiger charge is -2.35. The average Bonchev–Trinajstić information content (AvgIpc) is 3.20. The predicted molar refractivity (Wildman–Crippen MR) is 113 cm³/mol. The number of aromatic nitrogens is 2. The summed E-state index contributed by atoms with van der Waals surface area (Å²) in [7, 11) is 2.13. The van der Waals surface area contributed by atoms with Crippen LogP contribution in [0.15, 0.2) is 30.6 Å². The Labute approximate surface area is 171 Å². The van der Waals surface area contributed by atoms with Crippen molar-refractivity contribution in [2.75, 3.05) is 43.4 Å². The Kier molecular flexibility index (Phi) is 5.87. The molecule has 0 bridgehead atoms. The highest BCUT2D eigenvalue weighted by atomic mass is 35.5. The van der Waals surface area contributed by atoms with Crippen LogP contribution in [-0.2, 0) is 0 Å². The van der Waals surface area contributed by atoms with E-state index in [-0.39, 0.29) is 5.91 Å². The van der Waals surface area contributed by atoms with E-state index in [4.69, 9.17) is 11.6 Å². The van der Waals surface area contributed by atoms with Crippen molar-refractivity contribution in [3.63, 3.8) is 0 Å². The predicted octanol–water partition coefficient (Wildman–Crippen LogP) is 4.05. The summed E-state index contributed by atoms with van der Waals surface area (Å²) in [5.41, 5.74) is 2.37. The summed E-state index contributed by atoms with van der Waals surface area (Å²) in [6.07, 6.45) is 9.62. The van der Waals surface area contributed by atoms with Crippen molar-refractivity contribution in [1.82, 2.24) is 14.7 Å². The topological polar surface area (TPSA) is 53.4 Å². The molecule has 1 saturated carbocycles. The molecule has 1 N–H and O–H groups in total. The van der Waals surface area contributed by atoms with Gasteiger partial charge in [0.25, 0.3) is 5.91 Å². The molecule has 0 unspecified atom stereocenters. The molecule has 4 rings (SSSR count). The molecular formula is C21H28ClN5O. The van der Waals surface area contributed by atoms with E-state index in [1.165, 1.54) is 19.3 Å². The minimum Gasteiger partial charge on any atom is -0.367 e. The van der Waals surface area contributed by atoms with Crippen molar-refractivity contribution in [3.05, 3.63) is 41.2 Å². The second-order valence-electron chi connectivity index (χ2n) is 7.91. The van der Waals surface area contributed by atoms with Gasteiger partial charge in [-0.3, -0.25) is 9.48 Å². The molecule has 7 heteroatoms. The van der Waals surface area contributed by atoms with Gasteiger partial charge < -0.3 is 15.1 Å². The summed E-state index contributed by atoms with van der Waals surface area (Å²) in [5.74, 6) is -0.139. The van der Waals surface area contributed by atoms with E-state index in [0.717, 1.165) is 50.4 Å².